The summed E-state index contributed by atoms with van der Waals surface area (Å²) in [4.78, 5) is 24.5. The highest BCUT2D eigenvalue weighted by Crippen LogP contribution is 2.38. The van der Waals surface area contributed by atoms with E-state index in [1.807, 2.05) is 0 Å². The molecule has 5 nitrogen and oxygen atoms in total. The second-order valence-electron chi connectivity index (χ2n) is 4.24. The van der Waals surface area contributed by atoms with Crippen molar-refractivity contribution in [2.45, 2.75) is 0 Å². The number of fused-ring (bicyclic) bond motifs is 2. The second kappa shape index (κ2) is 3.58. The monoisotopic (exact) mass is 256 g/mol. The van der Waals surface area contributed by atoms with Gasteiger partial charge in [-0.2, -0.15) is 0 Å². The number of phenols is 3. The molecule has 19 heavy (non-hydrogen) atoms. The first-order valence-electron chi connectivity index (χ1n) is 5.48. The standard InChI is InChI=1S/C14H8O5/c15-6-1-2-7-8(5-6)14(19)12-10(17)4-3-9(16)11(12)13(7)18/h1-5,15-17H. The van der Waals surface area contributed by atoms with Crippen molar-refractivity contribution in [3.8, 4) is 17.2 Å². The molecule has 0 unspecified atom stereocenters. The maximum absolute atomic E-state index is 12.2. The number of phenolic OH excluding ortho intramolecular Hbond substituents is 3. The average molecular weight is 256 g/mol. The van der Waals surface area contributed by atoms with Gasteiger partial charge in [-0.3, -0.25) is 9.59 Å². The molecule has 5 heteroatoms. The number of hydrogen-bond donors (Lipinski definition) is 3. The summed E-state index contributed by atoms with van der Waals surface area (Å²) in [7, 11) is 0. The number of ketones is 2. The van der Waals surface area contributed by atoms with Crippen molar-refractivity contribution < 1.29 is 24.9 Å². The number of carbonyl (C=O) groups is 2. The summed E-state index contributed by atoms with van der Waals surface area (Å²) >= 11 is 0. The molecular weight excluding hydrogens is 248 g/mol. The minimum atomic E-state index is -0.603. The van der Waals surface area contributed by atoms with E-state index in [0.29, 0.717) is 0 Å². The largest absolute Gasteiger partial charge is 0.508 e. The zero-order valence-corrected chi connectivity index (χ0v) is 9.54. The van der Waals surface area contributed by atoms with Crippen molar-refractivity contribution in [1.82, 2.24) is 0 Å². The first-order chi connectivity index (χ1) is 9.00. The van der Waals surface area contributed by atoms with Crippen molar-refractivity contribution in [2.24, 2.45) is 0 Å². The molecule has 0 amide bonds. The fourth-order valence-electron chi connectivity index (χ4n) is 2.23. The Morgan fingerprint density at radius 3 is 1.79 bits per heavy atom. The smallest absolute Gasteiger partial charge is 0.198 e. The zero-order valence-electron chi connectivity index (χ0n) is 9.54. The van der Waals surface area contributed by atoms with Crippen LogP contribution in [-0.2, 0) is 0 Å². The van der Waals surface area contributed by atoms with E-state index in [4.69, 9.17) is 0 Å². The Morgan fingerprint density at radius 1 is 0.684 bits per heavy atom. The van der Waals surface area contributed by atoms with E-state index in [1.165, 1.54) is 18.2 Å². The summed E-state index contributed by atoms with van der Waals surface area (Å²) < 4.78 is 0. The molecule has 2 aromatic rings. The highest BCUT2D eigenvalue weighted by atomic mass is 16.3. The molecule has 0 aromatic heterocycles. The molecule has 94 valence electrons. The van der Waals surface area contributed by atoms with Crippen LogP contribution >= 0.6 is 0 Å². The maximum atomic E-state index is 12.2. The molecule has 1 aliphatic carbocycles. The molecule has 0 saturated heterocycles. The minimum Gasteiger partial charge on any atom is -0.508 e. The summed E-state index contributed by atoms with van der Waals surface area (Å²) in [5.74, 6) is -2.04. The third kappa shape index (κ3) is 1.41. The molecule has 0 radical (unpaired) electrons. The van der Waals surface area contributed by atoms with E-state index in [0.717, 1.165) is 12.1 Å². The average Bonchev–Trinajstić information content (AvgIpc) is 2.38. The van der Waals surface area contributed by atoms with Crippen molar-refractivity contribution in [2.75, 3.05) is 0 Å². The molecule has 2 aromatic carbocycles. The number of carbonyl (C=O) groups excluding carboxylic acids is 2. The Bertz CT molecular complexity index is 746. The van der Waals surface area contributed by atoms with Gasteiger partial charge in [-0.1, -0.05) is 0 Å². The Morgan fingerprint density at radius 2 is 1.21 bits per heavy atom. The normalized spacial score (nSPS) is 13.1. The summed E-state index contributed by atoms with van der Waals surface area (Å²) in [6, 6.07) is 6.08. The van der Waals surface area contributed by atoms with Crippen LogP contribution in [0.5, 0.6) is 17.2 Å². The molecule has 0 bridgehead atoms. The van der Waals surface area contributed by atoms with Gasteiger partial charge in [-0.05, 0) is 30.3 Å². The predicted molar refractivity (Wildman–Crippen MR) is 64.7 cm³/mol. The lowest BCUT2D eigenvalue weighted by molar-refractivity contribution is 0.0974. The summed E-state index contributed by atoms with van der Waals surface area (Å²) in [6.07, 6.45) is 0. The van der Waals surface area contributed by atoms with E-state index in [-0.39, 0.29) is 39.5 Å². The molecule has 0 heterocycles. The van der Waals surface area contributed by atoms with Gasteiger partial charge in [0.15, 0.2) is 11.6 Å². The highest BCUT2D eigenvalue weighted by Gasteiger charge is 2.34. The van der Waals surface area contributed by atoms with Crippen LogP contribution in [0.4, 0.5) is 0 Å². The van der Waals surface area contributed by atoms with Crippen molar-refractivity contribution in [1.29, 1.82) is 0 Å². The van der Waals surface area contributed by atoms with Crippen LogP contribution in [-0.4, -0.2) is 26.9 Å². The Kier molecular flexibility index (Phi) is 2.13. The predicted octanol–water partition coefficient (Wildman–Crippen LogP) is 1.58. The number of benzene rings is 2. The van der Waals surface area contributed by atoms with Gasteiger partial charge < -0.3 is 15.3 Å². The van der Waals surface area contributed by atoms with Crippen molar-refractivity contribution >= 4 is 11.6 Å². The highest BCUT2D eigenvalue weighted by molar-refractivity contribution is 6.30. The lowest BCUT2D eigenvalue weighted by atomic mass is 9.83. The third-order valence-corrected chi connectivity index (χ3v) is 3.11. The van der Waals surface area contributed by atoms with Gasteiger partial charge in [-0.15, -0.1) is 0 Å². The molecule has 0 atom stereocenters. The molecule has 1 aliphatic rings. The Hall–Kier alpha value is -2.82. The van der Waals surface area contributed by atoms with Gasteiger partial charge in [0.05, 0.1) is 11.1 Å². The Balaban J connectivity index is 2.39. The number of aromatic hydroxyl groups is 3. The van der Waals surface area contributed by atoms with E-state index in [2.05, 4.69) is 0 Å². The molecule has 3 N–H and O–H groups in total. The first-order valence-corrected chi connectivity index (χ1v) is 5.48. The summed E-state index contributed by atoms with van der Waals surface area (Å²) in [5, 5.41) is 28.8. The third-order valence-electron chi connectivity index (χ3n) is 3.11. The van der Waals surface area contributed by atoms with Crippen LogP contribution in [0, 0.1) is 0 Å². The van der Waals surface area contributed by atoms with Crippen LogP contribution < -0.4 is 0 Å². The molecule has 0 spiro atoms. The fourth-order valence-corrected chi connectivity index (χ4v) is 2.23. The van der Waals surface area contributed by atoms with E-state index >= 15 is 0 Å². The van der Waals surface area contributed by atoms with Crippen LogP contribution in [0.1, 0.15) is 31.8 Å². The molecule has 0 saturated carbocycles. The molecule has 3 rings (SSSR count). The van der Waals surface area contributed by atoms with E-state index in [1.54, 1.807) is 0 Å². The lowest BCUT2D eigenvalue weighted by Gasteiger charge is -2.19. The van der Waals surface area contributed by atoms with Gasteiger partial charge >= 0.3 is 0 Å². The van der Waals surface area contributed by atoms with Gasteiger partial charge in [0.2, 0.25) is 0 Å². The van der Waals surface area contributed by atoms with Crippen LogP contribution in [0.15, 0.2) is 30.3 Å². The number of rotatable bonds is 0. The molecule has 0 aliphatic heterocycles. The van der Waals surface area contributed by atoms with Gasteiger partial charge in [0, 0.05) is 11.1 Å². The van der Waals surface area contributed by atoms with Gasteiger partial charge in [0.1, 0.15) is 17.2 Å². The topological polar surface area (TPSA) is 94.8 Å². The zero-order chi connectivity index (χ0) is 13.7. The van der Waals surface area contributed by atoms with Crippen LogP contribution in [0.3, 0.4) is 0 Å². The molecular formula is C14H8O5. The van der Waals surface area contributed by atoms with E-state index < -0.39 is 11.6 Å². The Labute approximate surface area is 107 Å². The van der Waals surface area contributed by atoms with E-state index in [9.17, 15) is 24.9 Å². The summed E-state index contributed by atoms with van der Waals surface area (Å²) in [6.45, 7) is 0. The van der Waals surface area contributed by atoms with Crippen LogP contribution in [0.25, 0.3) is 0 Å². The maximum Gasteiger partial charge on any atom is 0.198 e. The lowest BCUT2D eigenvalue weighted by Crippen LogP contribution is -2.21. The fraction of sp³-hybridized carbons (Fsp3) is 0. The quantitative estimate of drug-likeness (QED) is 0.531. The first kappa shape index (κ1) is 11.3. The number of hydrogen-bond acceptors (Lipinski definition) is 5. The second-order valence-corrected chi connectivity index (χ2v) is 4.24. The SMILES string of the molecule is O=C1c2ccc(O)cc2C(=O)c2c(O)ccc(O)c21. The van der Waals surface area contributed by atoms with Gasteiger partial charge in [-0.25, -0.2) is 0 Å². The summed E-state index contributed by atoms with van der Waals surface area (Å²) in [5.41, 5.74) is -0.333. The molecule has 0 fully saturated rings. The minimum absolute atomic E-state index is 0.0124. The van der Waals surface area contributed by atoms with Crippen molar-refractivity contribution in [3.05, 3.63) is 52.6 Å². The van der Waals surface area contributed by atoms with Gasteiger partial charge in [0.25, 0.3) is 0 Å². The van der Waals surface area contributed by atoms with Crippen LogP contribution in [0.2, 0.25) is 0 Å². The van der Waals surface area contributed by atoms with Crippen molar-refractivity contribution in [3.63, 3.8) is 0 Å².